The number of benzene rings is 1. The number of fused-ring (bicyclic) bond motifs is 1. The largest absolute Gasteiger partial charge is 0.364 e. The Hall–Kier alpha value is -2.47. The monoisotopic (exact) mass is 299 g/mol. The normalized spacial score (nSPS) is 10.7. The number of rotatable bonds is 3. The number of H-pyrrole nitrogens is 1. The van der Waals surface area contributed by atoms with Crippen molar-refractivity contribution in [1.29, 1.82) is 0 Å². The summed E-state index contributed by atoms with van der Waals surface area (Å²) in [6.45, 7) is 2.08. The molecule has 0 unspecified atom stereocenters. The third kappa shape index (κ3) is 2.85. The van der Waals surface area contributed by atoms with Crippen molar-refractivity contribution in [1.82, 2.24) is 15.3 Å². The van der Waals surface area contributed by atoms with Crippen LogP contribution in [-0.4, -0.2) is 15.9 Å². The molecule has 1 amide bonds. The van der Waals surface area contributed by atoms with E-state index in [0.29, 0.717) is 6.54 Å². The molecule has 0 radical (unpaired) electrons. The van der Waals surface area contributed by atoms with Crippen molar-refractivity contribution >= 4 is 27.5 Å². The predicted octanol–water partition coefficient (Wildman–Crippen LogP) is 2.22. The summed E-state index contributed by atoms with van der Waals surface area (Å²) >= 11 is 1.53. The number of hydrogen-bond donors (Lipinski definition) is 2. The molecule has 0 fully saturated rings. The molecular formula is C15H13N3O2S. The third-order valence-electron chi connectivity index (χ3n) is 3.04. The number of aromatic nitrogens is 2. The molecule has 21 heavy (non-hydrogen) atoms. The van der Waals surface area contributed by atoms with Crippen LogP contribution in [0.1, 0.15) is 21.1 Å². The Morgan fingerprint density at radius 3 is 2.95 bits per heavy atom. The van der Waals surface area contributed by atoms with E-state index < -0.39 is 5.91 Å². The highest BCUT2D eigenvalue weighted by molar-refractivity contribution is 7.18. The van der Waals surface area contributed by atoms with E-state index in [-0.39, 0.29) is 11.0 Å². The molecule has 0 saturated heterocycles. The van der Waals surface area contributed by atoms with Crippen LogP contribution in [0.3, 0.4) is 0 Å². The van der Waals surface area contributed by atoms with Gasteiger partial charge in [-0.1, -0.05) is 12.1 Å². The van der Waals surface area contributed by atoms with E-state index in [4.69, 9.17) is 0 Å². The van der Waals surface area contributed by atoms with Crippen LogP contribution < -0.4 is 10.7 Å². The van der Waals surface area contributed by atoms with Crippen molar-refractivity contribution in [2.45, 2.75) is 13.5 Å². The second-order valence-electron chi connectivity index (χ2n) is 4.65. The first-order chi connectivity index (χ1) is 10.1. The van der Waals surface area contributed by atoms with Crippen LogP contribution in [0.4, 0.5) is 0 Å². The van der Waals surface area contributed by atoms with Gasteiger partial charge in [0, 0.05) is 18.0 Å². The maximum atomic E-state index is 12.0. The molecule has 0 spiro atoms. The molecule has 2 heterocycles. The zero-order valence-electron chi connectivity index (χ0n) is 11.3. The lowest BCUT2D eigenvalue weighted by Gasteiger charge is -2.02. The topological polar surface area (TPSA) is 74.8 Å². The molecule has 0 aliphatic heterocycles. The van der Waals surface area contributed by atoms with Crippen LogP contribution in [0.25, 0.3) is 10.2 Å². The van der Waals surface area contributed by atoms with Crippen molar-refractivity contribution < 1.29 is 4.79 Å². The van der Waals surface area contributed by atoms with Crippen LogP contribution in [0.5, 0.6) is 0 Å². The third-order valence-corrected chi connectivity index (χ3v) is 4.08. The second kappa shape index (κ2) is 5.49. The van der Waals surface area contributed by atoms with Crippen molar-refractivity contribution in [3.05, 3.63) is 63.0 Å². The van der Waals surface area contributed by atoms with Gasteiger partial charge in [0.1, 0.15) is 10.6 Å². The Kier molecular flexibility index (Phi) is 3.53. The van der Waals surface area contributed by atoms with E-state index in [1.54, 1.807) is 6.92 Å². The van der Waals surface area contributed by atoms with Gasteiger partial charge in [-0.15, -0.1) is 11.3 Å². The number of pyridine rings is 1. The summed E-state index contributed by atoms with van der Waals surface area (Å²) in [4.78, 5) is 31.1. The van der Waals surface area contributed by atoms with E-state index >= 15 is 0 Å². The lowest BCUT2D eigenvalue weighted by atomic mass is 10.2. The first-order valence-electron chi connectivity index (χ1n) is 6.45. The average Bonchev–Trinajstić information content (AvgIpc) is 2.87. The molecule has 5 nitrogen and oxygen atoms in total. The Morgan fingerprint density at radius 2 is 2.19 bits per heavy atom. The fourth-order valence-electron chi connectivity index (χ4n) is 2.00. The summed E-state index contributed by atoms with van der Waals surface area (Å²) in [5.41, 5.74) is 1.47. The summed E-state index contributed by atoms with van der Waals surface area (Å²) in [5, 5.41) is 3.54. The SMILES string of the molecule is Cc1cc(=O)c(C(=O)NCc2nc3ccccc3s2)c[nH]1. The standard InChI is InChI=1S/C15H13N3O2S/c1-9-6-12(19)10(7-16-9)15(20)17-8-14-18-11-4-2-3-5-13(11)21-14/h2-7H,8H2,1H3,(H,16,19)(H,17,20). The Morgan fingerprint density at radius 1 is 1.38 bits per heavy atom. The maximum absolute atomic E-state index is 12.0. The first kappa shape index (κ1) is 13.5. The molecule has 0 bridgehead atoms. The molecular weight excluding hydrogens is 286 g/mol. The number of carbonyl (C=O) groups excluding carboxylic acids is 1. The lowest BCUT2D eigenvalue weighted by Crippen LogP contribution is -2.28. The van der Waals surface area contributed by atoms with Gasteiger partial charge in [0.05, 0.1) is 16.8 Å². The molecule has 106 valence electrons. The number of carbonyl (C=O) groups is 1. The smallest absolute Gasteiger partial charge is 0.257 e. The van der Waals surface area contributed by atoms with E-state index in [1.807, 2.05) is 24.3 Å². The zero-order chi connectivity index (χ0) is 14.8. The van der Waals surface area contributed by atoms with Gasteiger partial charge in [0.2, 0.25) is 0 Å². The number of thiazole rings is 1. The zero-order valence-corrected chi connectivity index (χ0v) is 12.2. The Bertz CT molecular complexity index is 833. The van der Waals surface area contributed by atoms with Gasteiger partial charge in [0.25, 0.3) is 5.91 Å². The van der Waals surface area contributed by atoms with Gasteiger partial charge >= 0.3 is 0 Å². The molecule has 1 aromatic carbocycles. The van der Waals surface area contributed by atoms with Crippen molar-refractivity contribution in [3.63, 3.8) is 0 Å². The molecule has 6 heteroatoms. The Balaban J connectivity index is 1.74. The molecule has 2 N–H and O–H groups in total. The van der Waals surface area contributed by atoms with E-state index in [2.05, 4.69) is 15.3 Å². The summed E-state index contributed by atoms with van der Waals surface area (Å²) in [5.74, 6) is -0.393. The fourth-order valence-corrected chi connectivity index (χ4v) is 2.90. The summed E-state index contributed by atoms with van der Waals surface area (Å²) in [7, 11) is 0. The summed E-state index contributed by atoms with van der Waals surface area (Å²) < 4.78 is 1.08. The first-order valence-corrected chi connectivity index (χ1v) is 7.27. The minimum atomic E-state index is -0.393. The second-order valence-corrected chi connectivity index (χ2v) is 5.77. The highest BCUT2D eigenvalue weighted by atomic mass is 32.1. The van der Waals surface area contributed by atoms with Crippen LogP contribution in [0, 0.1) is 6.92 Å². The van der Waals surface area contributed by atoms with Crippen molar-refractivity contribution in [3.8, 4) is 0 Å². The number of nitrogens with one attached hydrogen (secondary N) is 2. The minimum absolute atomic E-state index is 0.113. The van der Waals surface area contributed by atoms with E-state index in [1.165, 1.54) is 23.6 Å². The molecule has 0 atom stereocenters. The van der Waals surface area contributed by atoms with Gasteiger partial charge in [0.15, 0.2) is 5.43 Å². The maximum Gasteiger partial charge on any atom is 0.257 e. The van der Waals surface area contributed by atoms with Crippen LogP contribution in [0.15, 0.2) is 41.3 Å². The molecule has 0 aliphatic carbocycles. The number of para-hydroxylation sites is 1. The molecule has 3 aromatic rings. The summed E-state index contributed by atoms with van der Waals surface area (Å²) in [6, 6.07) is 9.21. The van der Waals surface area contributed by atoms with Gasteiger partial charge in [-0.05, 0) is 19.1 Å². The predicted molar refractivity (Wildman–Crippen MR) is 82.6 cm³/mol. The van der Waals surface area contributed by atoms with E-state index in [0.717, 1.165) is 20.9 Å². The van der Waals surface area contributed by atoms with E-state index in [9.17, 15) is 9.59 Å². The molecule has 2 aromatic heterocycles. The number of nitrogens with zero attached hydrogens (tertiary/aromatic N) is 1. The number of aryl methyl sites for hydroxylation is 1. The number of hydrogen-bond acceptors (Lipinski definition) is 4. The fraction of sp³-hybridized carbons (Fsp3) is 0.133. The minimum Gasteiger partial charge on any atom is -0.364 e. The van der Waals surface area contributed by atoms with Crippen LogP contribution in [-0.2, 0) is 6.54 Å². The quantitative estimate of drug-likeness (QED) is 0.778. The molecule has 3 rings (SSSR count). The van der Waals surface area contributed by atoms with Crippen LogP contribution >= 0.6 is 11.3 Å². The van der Waals surface area contributed by atoms with Crippen molar-refractivity contribution in [2.75, 3.05) is 0 Å². The summed E-state index contributed by atoms with van der Waals surface area (Å²) in [6.07, 6.45) is 1.44. The number of amides is 1. The van der Waals surface area contributed by atoms with Crippen LogP contribution in [0.2, 0.25) is 0 Å². The van der Waals surface area contributed by atoms with Crippen molar-refractivity contribution in [2.24, 2.45) is 0 Å². The number of aromatic amines is 1. The lowest BCUT2D eigenvalue weighted by molar-refractivity contribution is 0.0949. The Labute approximate surface area is 124 Å². The van der Waals surface area contributed by atoms with Gasteiger partial charge in [-0.25, -0.2) is 4.98 Å². The highest BCUT2D eigenvalue weighted by Crippen LogP contribution is 2.21. The highest BCUT2D eigenvalue weighted by Gasteiger charge is 2.11. The van der Waals surface area contributed by atoms with Gasteiger partial charge in [-0.3, -0.25) is 9.59 Å². The van der Waals surface area contributed by atoms with Gasteiger partial charge in [-0.2, -0.15) is 0 Å². The average molecular weight is 299 g/mol. The van der Waals surface area contributed by atoms with Gasteiger partial charge < -0.3 is 10.3 Å². The molecule has 0 saturated carbocycles. The molecule has 0 aliphatic rings.